The molecule has 25 heavy (non-hydrogen) atoms. The second kappa shape index (κ2) is 6.60. The average Bonchev–Trinajstić information content (AvgIpc) is 3.10. The maximum absolute atomic E-state index is 12.4. The topological polar surface area (TPSA) is 77.2 Å². The van der Waals surface area contributed by atoms with Gasteiger partial charge in [0.1, 0.15) is 17.8 Å². The van der Waals surface area contributed by atoms with Gasteiger partial charge in [0.15, 0.2) is 0 Å². The molecule has 7 nitrogen and oxygen atoms in total. The third-order valence-electron chi connectivity index (χ3n) is 4.28. The van der Waals surface area contributed by atoms with Crippen molar-refractivity contribution in [1.29, 1.82) is 0 Å². The minimum atomic E-state index is -0.114. The lowest BCUT2D eigenvalue weighted by atomic mass is 10.2. The van der Waals surface area contributed by atoms with E-state index in [9.17, 15) is 4.79 Å². The highest BCUT2D eigenvalue weighted by atomic mass is 35.5. The normalized spacial score (nSPS) is 14.8. The molecule has 128 valence electrons. The van der Waals surface area contributed by atoms with E-state index in [4.69, 9.17) is 11.6 Å². The SMILES string of the molecule is O=C(Nc1cccc(Cl)c1)N1CCN(c2ncnc3[nH]ccc23)CC1. The van der Waals surface area contributed by atoms with Gasteiger partial charge >= 0.3 is 6.03 Å². The van der Waals surface area contributed by atoms with E-state index in [1.807, 2.05) is 24.4 Å². The van der Waals surface area contributed by atoms with Gasteiger partial charge < -0.3 is 20.1 Å². The van der Waals surface area contributed by atoms with E-state index in [0.29, 0.717) is 23.8 Å². The highest BCUT2D eigenvalue weighted by molar-refractivity contribution is 6.30. The molecule has 0 atom stereocenters. The van der Waals surface area contributed by atoms with Crippen LogP contribution in [0.1, 0.15) is 0 Å². The Morgan fingerprint density at radius 1 is 1.16 bits per heavy atom. The van der Waals surface area contributed by atoms with E-state index in [-0.39, 0.29) is 6.03 Å². The predicted molar refractivity (Wildman–Crippen MR) is 98.1 cm³/mol. The molecule has 8 heteroatoms. The first-order valence-corrected chi connectivity index (χ1v) is 8.43. The Bertz CT molecular complexity index is 903. The Morgan fingerprint density at radius 3 is 2.80 bits per heavy atom. The molecule has 3 heterocycles. The van der Waals surface area contributed by atoms with Crippen molar-refractivity contribution in [2.75, 3.05) is 36.4 Å². The molecule has 0 unspecified atom stereocenters. The van der Waals surface area contributed by atoms with Crippen molar-refractivity contribution in [3.63, 3.8) is 0 Å². The zero-order valence-corrected chi connectivity index (χ0v) is 14.2. The highest BCUT2D eigenvalue weighted by Gasteiger charge is 2.23. The van der Waals surface area contributed by atoms with Crippen molar-refractivity contribution in [3.05, 3.63) is 47.9 Å². The third-order valence-corrected chi connectivity index (χ3v) is 4.51. The summed E-state index contributed by atoms with van der Waals surface area (Å²) in [6.07, 6.45) is 3.42. The Balaban J connectivity index is 1.41. The van der Waals surface area contributed by atoms with Crippen LogP contribution in [-0.4, -0.2) is 52.1 Å². The van der Waals surface area contributed by atoms with E-state index >= 15 is 0 Å². The van der Waals surface area contributed by atoms with Gasteiger partial charge in [-0.05, 0) is 24.3 Å². The number of nitrogens with one attached hydrogen (secondary N) is 2. The van der Waals surface area contributed by atoms with E-state index in [1.165, 1.54) is 0 Å². The first-order valence-electron chi connectivity index (χ1n) is 8.05. The van der Waals surface area contributed by atoms with Crippen LogP contribution in [0.2, 0.25) is 5.02 Å². The minimum absolute atomic E-state index is 0.114. The molecular formula is C17H17ClN6O. The largest absolute Gasteiger partial charge is 0.352 e. The fourth-order valence-electron chi connectivity index (χ4n) is 3.00. The van der Waals surface area contributed by atoms with E-state index in [2.05, 4.69) is 25.2 Å². The number of urea groups is 1. The van der Waals surface area contributed by atoms with E-state index < -0.39 is 0 Å². The monoisotopic (exact) mass is 356 g/mol. The number of nitrogens with zero attached hydrogens (tertiary/aromatic N) is 4. The number of anilines is 2. The summed E-state index contributed by atoms with van der Waals surface area (Å²) < 4.78 is 0. The average molecular weight is 357 g/mol. The lowest BCUT2D eigenvalue weighted by Crippen LogP contribution is -2.50. The predicted octanol–water partition coefficient (Wildman–Crippen LogP) is 2.97. The van der Waals surface area contributed by atoms with Gasteiger partial charge in [0, 0.05) is 43.1 Å². The molecule has 1 aliphatic heterocycles. The van der Waals surface area contributed by atoms with Gasteiger partial charge in [0.05, 0.1) is 5.39 Å². The molecule has 0 radical (unpaired) electrons. The number of carbonyl (C=O) groups excluding carboxylic acids is 1. The Morgan fingerprint density at radius 2 is 2.00 bits per heavy atom. The first-order chi connectivity index (χ1) is 12.2. The minimum Gasteiger partial charge on any atom is -0.352 e. The maximum Gasteiger partial charge on any atom is 0.321 e. The van der Waals surface area contributed by atoms with Crippen molar-refractivity contribution in [3.8, 4) is 0 Å². The first kappa shape index (κ1) is 15.7. The second-order valence-electron chi connectivity index (χ2n) is 5.85. The summed E-state index contributed by atoms with van der Waals surface area (Å²) in [6, 6.07) is 9.01. The number of hydrogen-bond acceptors (Lipinski definition) is 4. The molecule has 2 N–H and O–H groups in total. The molecule has 1 aromatic carbocycles. The highest BCUT2D eigenvalue weighted by Crippen LogP contribution is 2.23. The van der Waals surface area contributed by atoms with Crippen LogP contribution in [0.3, 0.4) is 0 Å². The maximum atomic E-state index is 12.4. The van der Waals surface area contributed by atoms with E-state index in [1.54, 1.807) is 23.4 Å². The Labute approximate surface area is 149 Å². The van der Waals surface area contributed by atoms with Gasteiger partial charge in [-0.15, -0.1) is 0 Å². The third kappa shape index (κ3) is 3.23. The molecule has 4 rings (SSSR count). The number of H-pyrrole nitrogens is 1. The van der Waals surface area contributed by atoms with Gasteiger partial charge in [-0.25, -0.2) is 14.8 Å². The molecule has 2 amide bonds. The van der Waals surface area contributed by atoms with Gasteiger partial charge in [-0.1, -0.05) is 17.7 Å². The number of benzene rings is 1. The number of fused-ring (bicyclic) bond motifs is 1. The molecular weight excluding hydrogens is 340 g/mol. The van der Waals surface area contributed by atoms with Gasteiger partial charge in [0.2, 0.25) is 0 Å². The van der Waals surface area contributed by atoms with Crippen molar-refractivity contribution >= 4 is 40.2 Å². The van der Waals surface area contributed by atoms with Crippen LogP contribution in [0.5, 0.6) is 0 Å². The fraction of sp³-hybridized carbons (Fsp3) is 0.235. The molecule has 3 aromatic rings. The number of aromatic amines is 1. The van der Waals surface area contributed by atoms with Gasteiger partial charge in [0.25, 0.3) is 0 Å². The summed E-state index contributed by atoms with van der Waals surface area (Å²) in [7, 11) is 0. The van der Waals surface area contributed by atoms with Crippen LogP contribution in [0.4, 0.5) is 16.3 Å². The van der Waals surface area contributed by atoms with Gasteiger partial charge in [-0.3, -0.25) is 0 Å². The molecule has 0 bridgehead atoms. The van der Waals surface area contributed by atoms with Crippen molar-refractivity contribution < 1.29 is 4.79 Å². The van der Waals surface area contributed by atoms with Crippen LogP contribution in [-0.2, 0) is 0 Å². The zero-order chi connectivity index (χ0) is 17.2. The molecule has 0 aliphatic carbocycles. The summed E-state index contributed by atoms with van der Waals surface area (Å²) in [6.45, 7) is 2.70. The summed E-state index contributed by atoms with van der Waals surface area (Å²) in [5, 5.41) is 4.48. The van der Waals surface area contributed by atoms with Crippen LogP contribution < -0.4 is 10.2 Å². The summed E-state index contributed by atoms with van der Waals surface area (Å²) in [4.78, 5) is 28.1. The number of hydrogen-bond donors (Lipinski definition) is 2. The number of piperazine rings is 1. The lowest BCUT2D eigenvalue weighted by Gasteiger charge is -2.35. The fourth-order valence-corrected chi connectivity index (χ4v) is 3.19. The molecule has 1 saturated heterocycles. The smallest absolute Gasteiger partial charge is 0.321 e. The molecule has 1 aliphatic rings. The number of carbonyl (C=O) groups is 1. The quantitative estimate of drug-likeness (QED) is 0.740. The van der Waals surface area contributed by atoms with Crippen molar-refractivity contribution in [1.82, 2.24) is 19.9 Å². The summed E-state index contributed by atoms with van der Waals surface area (Å²) in [5.41, 5.74) is 1.52. The van der Waals surface area contributed by atoms with Crippen LogP contribution in [0, 0.1) is 0 Å². The summed E-state index contributed by atoms with van der Waals surface area (Å²) >= 11 is 5.95. The van der Waals surface area contributed by atoms with Crippen molar-refractivity contribution in [2.24, 2.45) is 0 Å². The molecule has 1 fully saturated rings. The Kier molecular flexibility index (Phi) is 4.15. The van der Waals surface area contributed by atoms with Crippen LogP contribution in [0.25, 0.3) is 11.0 Å². The van der Waals surface area contributed by atoms with Crippen LogP contribution in [0.15, 0.2) is 42.9 Å². The summed E-state index contributed by atoms with van der Waals surface area (Å²) in [5.74, 6) is 0.904. The number of rotatable bonds is 2. The number of halogens is 1. The molecule has 0 spiro atoms. The van der Waals surface area contributed by atoms with Crippen LogP contribution >= 0.6 is 11.6 Å². The standard InChI is InChI=1S/C17H17ClN6O/c18-12-2-1-3-13(10-12)22-17(25)24-8-6-23(7-9-24)16-14-4-5-19-15(14)20-11-21-16/h1-5,10-11H,6-9H2,(H,22,25)(H,19,20,21). The number of amides is 2. The van der Waals surface area contributed by atoms with Crippen molar-refractivity contribution in [2.45, 2.75) is 0 Å². The van der Waals surface area contributed by atoms with Gasteiger partial charge in [-0.2, -0.15) is 0 Å². The second-order valence-corrected chi connectivity index (χ2v) is 6.29. The number of aromatic nitrogens is 3. The lowest BCUT2D eigenvalue weighted by molar-refractivity contribution is 0.208. The molecule has 2 aromatic heterocycles. The van der Waals surface area contributed by atoms with E-state index in [0.717, 1.165) is 29.9 Å². The zero-order valence-electron chi connectivity index (χ0n) is 13.4. The molecule has 0 saturated carbocycles. The Hall–Kier alpha value is -2.80.